The molecule has 0 aromatic rings. The monoisotopic (exact) mass is 255 g/mol. The molecular weight excluding hydrogens is 230 g/mol. The number of hydrogen-bond donors (Lipinski definition) is 2. The number of likely N-dealkylation sites (tertiary alicyclic amines) is 1. The minimum Gasteiger partial charge on any atom is -0.481 e. The van der Waals surface area contributed by atoms with E-state index in [9.17, 15) is 9.90 Å². The lowest BCUT2D eigenvalue weighted by Crippen LogP contribution is -2.47. The van der Waals surface area contributed by atoms with Gasteiger partial charge in [-0.2, -0.15) is 0 Å². The molecule has 0 radical (unpaired) electrons. The molecule has 1 aliphatic carbocycles. The summed E-state index contributed by atoms with van der Waals surface area (Å²) in [5.41, 5.74) is -0.662. The molecule has 104 valence electrons. The number of nitrogens with zero attached hydrogens (tertiary/aromatic N) is 1. The average molecular weight is 255 g/mol. The van der Waals surface area contributed by atoms with Crippen molar-refractivity contribution in [3.05, 3.63) is 0 Å². The van der Waals surface area contributed by atoms with Crippen molar-refractivity contribution in [3.8, 4) is 0 Å². The zero-order chi connectivity index (χ0) is 13.3. The number of rotatable bonds is 3. The van der Waals surface area contributed by atoms with Crippen molar-refractivity contribution in [2.45, 2.75) is 57.6 Å². The maximum absolute atomic E-state index is 10.9. The van der Waals surface area contributed by atoms with Crippen molar-refractivity contribution < 1.29 is 15.0 Å². The van der Waals surface area contributed by atoms with Gasteiger partial charge in [0.2, 0.25) is 0 Å². The van der Waals surface area contributed by atoms with Gasteiger partial charge in [-0.15, -0.1) is 0 Å². The first kappa shape index (κ1) is 13.8. The molecule has 0 amide bonds. The van der Waals surface area contributed by atoms with E-state index in [1.807, 2.05) is 0 Å². The van der Waals surface area contributed by atoms with E-state index in [-0.39, 0.29) is 5.92 Å². The van der Waals surface area contributed by atoms with Gasteiger partial charge in [-0.1, -0.05) is 6.92 Å². The van der Waals surface area contributed by atoms with Gasteiger partial charge in [0.1, 0.15) is 0 Å². The number of hydrogen-bond acceptors (Lipinski definition) is 3. The maximum Gasteiger partial charge on any atom is 0.306 e. The van der Waals surface area contributed by atoms with Gasteiger partial charge in [0.25, 0.3) is 0 Å². The van der Waals surface area contributed by atoms with Gasteiger partial charge in [0.15, 0.2) is 0 Å². The summed E-state index contributed by atoms with van der Waals surface area (Å²) in [6.07, 6.45) is 3.68. The van der Waals surface area contributed by atoms with Crippen molar-refractivity contribution >= 4 is 5.97 Å². The highest BCUT2D eigenvalue weighted by atomic mass is 16.4. The third-order valence-corrected chi connectivity index (χ3v) is 4.68. The fourth-order valence-electron chi connectivity index (χ4n) is 3.54. The van der Waals surface area contributed by atoms with Crippen molar-refractivity contribution in [2.24, 2.45) is 11.8 Å². The molecule has 4 heteroatoms. The van der Waals surface area contributed by atoms with Crippen LogP contribution in [0.5, 0.6) is 0 Å². The Morgan fingerprint density at radius 1 is 1.33 bits per heavy atom. The number of carboxylic acid groups (broad SMARTS) is 1. The number of aliphatic hydroxyl groups is 1. The van der Waals surface area contributed by atoms with Crippen LogP contribution in [0.25, 0.3) is 0 Å². The average Bonchev–Trinajstić information content (AvgIpc) is 2.57. The van der Waals surface area contributed by atoms with Crippen LogP contribution in [0.4, 0.5) is 0 Å². The molecule has 2 unspecified atom stereocenters. The Kier molecular flexibility index (Phi) is 3.97. The quantitative estimate of drug-likeness (QED) is 0.806. The molecule has 2 fully saturated rings. The van der Waals surface area contributed by atoms with E-state index in [2.05, 4.69) is 18.7 Å². The highest BCUT2D eigenvalue weighted by molar-refractivity contribution is 5.70. The Labute approximate surface area is 109 Å². The van der Waals surface area contributed by atoms with E-state index < -0.39 is 11.6 Å². The molecule has 0 bridgehead atoms. The standard InChI is InChI=1S/C14H25NO3/c1-10-7-11(2)15(8-10)9-14(18)5-3-12(4-6-14)13(16)17/h10-12,18H,3-9H2,1-2H3,(H,16,17). The summed E-state index contributed by atoms with van der Waals surface area (Å²) in [6, 6.07) is 0.543. The lowest BCUT2D eigenvalue weighted by Gasteiger charge is -2.38. The van der Waals surface area contributed by atoms with Crippen LogP contribution in [0.1, 0.15) is 46.0 Å². The SMILES string of the molecule is CC1CC(C)N(CC2(O)CCC(C(=O)O)CC2)C1. The molecule has 1 saturated heterocycles. The van der Waals surface area contributed by atoms with E-state index in [0.29, 0.717) is 44.2 Å². The second-order valence-corrected chi connectivity index (χ2v) is 6.46. The summed E-state index contributed by atoms with van der Waals surface area (Å²) in [5.74, 6) is -0.251. The van der Waals surface area contributed by atoms with Gasteiger partial charge in [-0.3, -0.25) is 9.69 Å². The fraction of sp³-hybridized carbons (Fsp3) is 0.929. The van der Waals surface area contributed by atoms with Gasteiger partial charge in [0.05, 0.1) is 11.5 Å². The highest BCUT2D eigenvalue weighted by Gasteiger charge is 2.39. The summed E-state index contributed by atoms with van der Waals surface area (Å²) in [5, 5.41) is 19.6. The molecule has 1 heterocycles. The second kappa shape index (κ2) is 5.17. The van der Waals surface area contributed by atoms with Gasteiger partial charge in [0, 0.05) is 19.1 Å². The van der Waals surface area contributed by atoms with Crippen LogP contribution < -0.4 is 0 Å². The molecule has 4 nitrogen and oxygen atoms in total. The third kappa shape index (κ3) is 3.04. The van der Waals surface area contributed by atoms with E-state index in [1.165, 1.54) is 6.42 Å². The van der Waals surface area contributed by atoms with Crippen LogP contribution in [-0.2, 0) is 4.79 Å². The third-order valence-electron chi connectivity index (χ3n) is 4.68. The van der Waals surface area contributed by atoms with Crippen LogP contribution in [0.15, 0.2) is 0 Å². The van der Waals surface area contributed by atoms with Crippen LogP contribution in [0.3, 0.4) is 0 Å². The summed E-state index contributed by atoms with van der Waals surface area (Å²) < 4.78 is 0. The Hall–Kier alpha value is -0.610. The Morgan fingerprint density at radius 2 is 1.94 bits per heavy atom. The molecule has 1 saturated carbocycles. The van der Waals surface area contributed by atoms with E-state index in [0.717, 1.165) is 6.54 Å². The normalized spacial score (nSPS) is 42.1. The van der Waals surface area contributed by atoms with E-state index in [4.69, 9.17) is 5.11 Å². The van der Waals surface area contributed by atoms with Crippen molar-refractivity contribution in [1.82, 2.24) is 4.90 Å². The van der Waals surface area contributed by atoms with Crippen LogP contribution in [0, 0.1) is 11.8 Å². The minimum atomic E-state index is -0.708. The molecule has 1 aliphatic heterocycles. The zero-order valence-electron chi connectivity index (χ0n) is 11.4. The first-order valence-corrected chi connectivity index (χ1v) is 7.09. The molecular formula is C14H25NO3. The largest absolute Gasteiger partial charge is 0.481 e. The molecule has 2 aliphatic rings. The summed E-state index contributed by atoms with van der Waals surface area (Å²) in [6.45, 7) is 6.24. The van der Waals surface area contributed by atoms with E-state index >= 15 is 0 Å². The van der Waals surface area contributed by atoms with Crippen molar-refractivity contribution in [3.63, 3.8) is 0 Å². The van der Waals surface area contributed by atoms with Gasteiger partial charge < -0.3 is 10.2 Å². The van der Waals surface area contributed by atoms with Crippen molar-refractivity contribution in [1.29, 1.82) is 0 Å². The van der Waals surface area contributed by atoms with Gasteiger partial charge in [-0.05, 0) is 44.9 Å². The number of β-amino-alcohol motifs (C(OH)–C–C–N with tert-alkyl or cyclic N) is 1. The highest BCUT2D eigenvalue weighted by Crippen LogP contribution is 2.35. The Morgan fingerprint density at radius 3 is 2.39 bits per heavy atom. The molecule has 0 aromatic carbocycles. The topological polar surface area (TPSA) is 60.8 Å². The molecule has 0 aromatic heterocycles. The summed E-state index contributed by atoms with van der Waals surface area (Å²) in [4.78, 5) is 13.3. The van der Waals surface area contributed by atoms with Crippen LogP contribution in [0.2, 0.25) is 0 Å². The predicted octanol–water partition coefficient (Wildman–Crippen LogP) is 1.72. The zero-order valence-corrected chi connectivity index (χ0v) is 11.4. The Bertz CT molecular complexity index is 310. The summed E-state index contributed by atoms with van der Waals surface area (Å²) in [7, 11) is 0. The molecule has 2 N–H and O–H groups in total. The molecule has 2 atom stereocenters. The van der Waals surface area contributed by atoms with Crippen LogP contribution >= 0.6 is 0 Å². The van der Waals surface area contributed by atoms with Gasteiger partial charge >= 0.3 is 5.97 Å². The van der Waals surface area contributed by atoms with Gasteiger partial charge in [-0.25, -0.2) is 0 Å². The van der Waals surface area contributed by atoms with E-state index in [1.54, 1.807) is 0 Å². The first-order chi connectivity index (χ1) is 8.39. The molecule has 18 heavy (non-hydrogen) atoms. The lowest BCUT2D eigenvalue weighted by molar-refractivity contribution is -0.145. The first-order valence-electron chi connectivity index (χ1n) is 7.09. The lowest BCUT2D eigenvalue weighted by atomic mass is 9.78. The molecule has 2 rings (SSSR count). The van der Waals surface area contributed by atoms with Crippen molar-refractivity contribution in [2.75, 3.05) is 13.1 Å². The summed E-state index contributed by atoms with van der Waals surface area (Å²) >= 11 is 0. The minimum absolute atomic E-state index is 0.250. The second-order valence-electron chi connectivity index (χ2n) is 6.46. The Balaban J connectivity index is 1.88. The molecule has 0 spiro atoms. The van der Waals surface area contributed by atoms with Crippen LogP contribution in [-0.4, -0.2) is 45.8 Å². The fourth-order valence-corrected chi connectivity index (χ4v) is 3.54. The maximum atomic E-state index is 10.9. The number of aliphatic carboxylic acids is 1. The predicted molar refractivity (Wildman–Crippen MR) is 69.4 cm³/mol. The smallest absolute Gasteiger partial charge is 0.306 e. The number of carbonyl (C=O) groups is 1. The number of carboxylic acids is 1.